The van der Waals surface area contributed by atoms with Gasteiger partial charge in [0.1, 0.15) is 0 Å². The molecular formula is C18H24N4O2. The number of hydrogen-bond acceptors (Lipinski definition) is 3. The fourth-order valence-electron chi connectivity index (χ4n) is 2.40. The van der Waals surface area contributed by atoms with E-state index < -0.39 is 0 Å². The lowest BCUT2D eigenvalue weighted by molar-refractivity contribution is 0.0925. The van der Waals surface area contributed by atoms with Gasteiger partial charge in [0.25, 0.3) is 5.91 Å². The molecule has 128 valence electrons. The number of nitrogens with zero attached hydrogens (tertiary/aromatic N) is 1. The molecule has 0 spiro atoms. The Hall–Kier alpha value is -2.76. The van der Waals surface area contributed by atoms with Gasteiger partial charge in [0.15, 0.2) is 11.7 Å². The van der Waals surface area contributed by atoms with Gasteiger partial charge in [0.2, 0.25) is 0 Å². The SMILES string of the molecule is Cc1cc(C)cc(NC(N)=NCCCNC(=O)c2occc2C)c1. The molecule has 1 heterocycles. The zero-order valence-electron chi connectivity index (χ0n) is 14.3. The van der Waals surface area contributed by atoms with Crippen LogP contribution in [0, 0.1) is 20.8 Å². The molecule has 2 rings (SSSR count). The summed E-state index contributed by atoms with van der Waals surface area (Å²) in [5, 5.41) is 5.88. The first-order chi connectivity index (χ1) is 11.5. The van der Waals surface area contributed by atoms with Crippen molar-refractivity contribution in [3.8, 4) is 0 Å². The monoisotopic (exact) mass is 328 g/mol. The molecular weight excluding hydrogens is 304 g/mol. The maximum Gasteiger partial charge on any atom is 0.287 e. The van der Waals surface area contributed by atoms with E-state index in [2.05, 4.69) is 21.7 Å². The summed E-state index contributed by atoms with van der Waals surface area (Å²) in [6.07, 6.45) is 2.20. The molecule has 0 unspecified atom stereocenters. The number of hydrogen-bond donors (Lipinski definition) is 3. The zero-order chi connectivity index (χ0) is 17.5. The molecule has 24 heavy (non-hydrogen) atoms. The lowest BCUT2D eigenvalue weighted by Crippen LogP contribution is -2.26. The van der Waals surface area contributed by atoms with Crippen LogP contribution in [-0.2, 0) is 0 Å². The average Bonchev–Trinajstić information content (AvgIpc) is 2.91. The van der Waals surface area contributed by atoms with Crippen molar-refractivity contribution in [2.45, 2.75) is 27.2 Å². The van der Waals surface area contributed by atoms with Crippen molar-refractivity contribution in [3.63, 3.8) is 0 Å². The van der Waals surface area contributed by atoms with Crippen molar-refractivity contribution >= 4 is 17.6 Å². The summed E-state index contributed by atoms with van der Waals surface area (Å²) < 4.78 is 5.14. The van der Waals surface area contributed by atoms with Gasteiger partial charge in [-0.2, -0.15) is 0 Å². The third-order valence-electron chi connectivity index (χ3n) is 3.47. The molecule has 0 aliphatic rings. The van der Waals surface area contributed by atoms with E-state index in [9.17, 15) is 4.79 Å². The quantitative estimate of drug-likeness (QED) is 0.432. The molecule has 1 amide bonds. The Labute approximate surface area is 142 Å². The molecule has 0 saturated heterocycles. The van der Waals surface area contributed by atoms with Crippen LogP contribution in [0.5, 0.6) is 0 Å². The molecule has 0 aliphatic carbocycles. The van der Waals surface area contributed by atoms with E-state index in [0.717, 1.165) is 11.3 Å². The van der Waals surface area contributed by atoms with Crippen LogP contribution in [0.3, 0.4) is 0 Å². The van der Waals surface area contributed by atoms with Gasteiger partial charge in [-0.25, -0.2) is 0 Å². The molecule has 0 saturated carbocycles. The lowest BCUT2D eigenvalue weighted by atomic mass is 10.1. The molecule has 6 nitrogen and oxygen atoms in total. The molecule has 1 aromatic carbocycles. The van der Waals surface area contributed by atoms with Crippen molar-refractivity contribution in [1.29, 1.82) is 0 Å². The Bertz CT molecular complexity index is 714. The van der Waals surface area contributed by atoms with E-state index in [4.69, 9.17) is 10.2 Å². The summed E-state index contributed by atoms with van der Waals surface area (Å²) in [6.45, 7) is 6.95. The number of amides is 1. The highest BCUT2D eigenvalue weighted by Crippen LogP contribution is 2.13. The molecule has 0 aliphatic heterocycles. The van der Waals surface area contributed by atoms with Crippen LogP contribution in [0.25, 0.3) is 0 Å². The normalized spacial score (nSPS) is 11.4. The average molecular weight is 328 g/mol. The lowest BCUT2D eigenvalue weighted by Gasteiger charge is -2.08. The van der Waals surface area contributed by atoms with Crippen molar-refractivity contribution in [2.24, 2.45) is 10.7 Å². The number of furan rings is 1. The second-order valence-electron chi connectivity index (χ2n) is 5.81. The minimum absolute atomic E-state index is 0.206. The second kappa shape index (κ2) is 8.19. The van der Waals surface area contributed by atoms with E-state index >= 15 is 0 Å². The molecule has 0 atom stereocenters. The molecule has 0 radical (unpaired) electrons. The van der Waals surface area contributed by atoms with E-state index in [1.165, 1.54) is 17.4 Å². The highest BCUT2D eigenvalue weighted by atomic mass is 16.3. The van der Waals surface area contributed by atoms with Gasteiger partial charge < -0.3 is 20.8 Å². The van der Waals surface area contributed by atoms with Crippen LogP contribution < -0.4 is 16.4 Å². The van der Waals surface area contributed by atoms with E-state index in [1.807, 2.05) is 32.9 Å². The molecule has 0 bridgehead atoms. The van der Waals surface area contributed by atoms with Crippen LogP contribution in [-0.4, -0.2) is 25.0 Å². The fourth-order valence-corrected chi connectivity index (χ4v) is 2.40. The smallest absolute Gasteiger partial charge is 0.287 e. The highest BCUT2D eigenvalue weighted by molar-refractivity contribution is 5.93. The Morgan fingerprint density at radius 1 is 1.21 bits per heavy atom. The number of benzene rings is 1. The standard InChI is InChI=1S/C18H24N4O2/c1-12-9-13(2)11-15(10-12)22-18(19)21-7-4-6-20-17(23)16-14(3)5-8-24-16/h5,8-11H,4,6-7H2,1-3H3,(H,20,23)(H3,19,21,22). The first-order valence-corrected chi connectivity index (χ1v) is 7.93. The number of carbonyl (C=O) groups excluding carboxylic acids is 1. The van der Waals surface area contributed by atoms with Gasteiger partial charge in [-0.15, -0.1) is 0 Å². The Kier molecular flexibility index (Phi) is 6.01. The number of rotatable bonds is 6. The third-order valence-corrected chi connectivity index (χ3v) is 3.47. The molecule has 2 aromatic rings. The van der Waals surface area contributed by atoms with Crippen molar-refractivity contribution in [2.75, 3.05) is 18.4 Å². The summed E-state index contributed by atoms with van der Waals surface area (Å²) in [5.41, 5.74) is 9.97. The predicted molar refractivity (Wildman–Crippen MR) is 96.4 cm³/mol. The van der Waals surface area contributed by atoms with Crippen LogP contribution in [0.2, 0.25) is 0 Å². The minimum atomic E-state index is -0.206. The molecule has 4 N–H and O–H groups in total. The van der Waals surface area contributed by atoms with Crippen LogP contribution >= 0.6 is 0 Å². The summed E-state index contributed by atoms with van der Waals surface area (Å²) in [4.78, 5) is 16.1. The topological polar surface area (TPSA) is 92.6 Å². The van der Waals surface area contributed by atoms with Crippen molar-refractivity contribution in [3.05, 3.63) is 53.0 Å². The summed E-state index contributed by atoms with van der Waals surface area (Å²) >= 11 is 0. The first kappa shape index (κ1) is 17.6. The number of nitrogens with two attached hydrogens (primary N) is 1. The number of guanidine groups is 1. The maximum absolute atomic E-state index is 11.9. The Morgan fingerprint density at radius 2 is 1.92 bits per heavy atom. The van der Waals surface area contributed by atoms with Crippen molar-refractivity contribution in [1.82, 2.24) is 5.32 Å². The van der Waals surface area contributed by atoms with E-state index in [0.29, 0.717) is 31.2 Å². The highest BCUT2D eigenvalue weighted by Gasteiger charge is 2.11. The van der Waals surface area contributed by atoms with Gasteiger partial charge >= 0.3 is 0 Å². The summed E-state index contributed by atoms with van der Waals surface area (Å²) in [6, 6.07) is 7.89. The second-order valence-corrected chi connectivity index (χ2v) is 5.81. The van der Waals surface area contributed by atoms with Crippen LogP contribution in [0.4, 0.5) is 5.69 Å². The van der Waals surface area contributed by atoms with Crippen LogP contribution in [0.15, 0.2) is 39.9 Å². The number of carbonyl (C=O) groups is 1. The predicted octanol–water partition coefficient (Wildman–Crippen LogP) is 2.75. The Balaban J connectivity index is 1.73. The van der Waals surface area contributed by atoms with Gasteiger partial charge in [-0.3, -0.25) is 9.79 Å². The number of aliphatic imine (C=N–C) groups is 1. The molecule has 1 aromatic heterocycles. The fraction of sp³-hybridized carbons (Fsp3) is 0.333. The minimum Gasteiger partial charge on any atom is -0.459 e. The van der Waals surface area contributed by atoms with Crippen LogP contribution in [0.1, 0.15) is 33.7 Å². The number of aryl methyl sites for hydroxylation is 3. The molecule has 0 fully saturated rings. The maximum atomic E-state index is 11.9. The Morgan fingerprint density at radius 3 is 2.54 bits per heavy atom. The van der Waals surface area contributed by atoms with E-state index in [-0.39, 0.29) is 5.91 Å². The van der Waals surface area contributed by atoms with Gasteiger partial charge in [-0.05, 0) is 56.5 Å². The largest absolute Gasteiger partial charge is 0.459 e. The first-order valence-electron chi connectivity index (χ1n) is 7.93. The van der Waals surface area contributed by atoms with Crippen molar-refractivity contribution < 1.29 is 9.21 Å². The summed E-state index contributed by atoms with van der Waals surface area (Å²) in [7, 11) is 0. The molecule has 6 heteroatoms. The summed E-state index contributed by atoms with van der Waals surface area (Å²) in [5.74, 6) is 0.519. The number of anilines is 1. The zero-order valence-corrected chi connectivity index (χ0v) is 14.3. The third kappa shape index (κ3) is 5.15. The van der Waals surface area contributed by atoms with Gasteiger partial charge in [0.05, 0.1) is 6.26 Å². The number of nitrogens with one attached hydrogen (secondary N) is 2. The van der Waals surface area contributed by atoms with Gasteiger partial charge in [-0.1, -0.05) is 6.07 Å². The van der Waals surface area contributed by atoms with E-state index in [1.54, 1.807) is 6.07 Å². The van der Waals surface area contributed by atoms with Gasteiger partial charge in [0, 0.05) is 24.3 Å².